The van der Waals surface area contributed by atoms with Gasteiger partial charge in [-0.05, 0) is 98.2 Å². The molecule has 9 aromatic carbocycles. The van der Waals surface area contributed by atoms with Gasteiger partial charge in [-0.3, -0.25) is 4.99 Å². The Bertz CT molecular complexity index is 3530. The number of fused-ring (bicyclic) bond motifs is 10. The molecule has 0 saturated carbocycles. The monoisotopic (exact) mass is 773 g/mol. The minimum atomic E-state index is -0.0603. The van der Waals surface area contributed by atoms with Crippen LogP contribution in [0.1, 0.15) is 42.5 Å². The maximum absolute atomic E-state index is 5.82. The summed E-state index contributed by atoms with van der Waals surface area (Å²) in [5, 5.41) is 12.4. The minimum absolute atomic E-state index is 0.0603. The lowest BCUT2D eigenvalue weighted by Gasteiger charge is -2.22. The fraction of sp³-hybridized carbons (Fsp3) is 0.0909. The molecule has 0 bridgehead atoms. The lowest BCUT2D eigenvalue weighted by Crippen LogP contribution is -2.14. The second-order valence-corrected chi connectivity index (χ2v) is 17.1. The first kappa shape index (κ1) is 34.2. The fourth-order valence-electron chi connectivity index (χ4n) is 9.70. The number of benzene rings is 9. The predicted molar refractivity (Wildman–Crippen MR) is 253 cm³/mol. The first-order chi connectivity index (χ1) is 29.2. The quantitative estimate of drug-likeness (QED) is 0.167. The van der Waals surface area contributed by atoms with Gasteiger partial charge in [-0.1, -0.05) is 153 Å². The molecule has 0 aliphatic carbocycles. The van der Waals surface area contributed by atoms with Crippen LogP contribution in [-0.2, 0) is 0 Å². The van der Waals surface area contributed by atoms with E-state index in [1.165, 1.54) is 79.9 Å². The molecule has 0 amide bonds. The standard InChI is InChI=1S/C55H39N3S/c1-2-34-30-47(41-25-24-35-14-6-7-18-38(35)28-41)56-55(57-54(34)37-16-4-3-5-17-37)46-33-52-44(43-22-12-13-23-51(43)59-52)32-50(46)58-48-27-26-36-15-10-11-21-42(36)53(48)45-29-39-19-8-9-20-40(39)31-49(45)58/h3-29,31-34,54H,2,30H2,1H3. The van der Waals surface area contributed by atoms with Crippen molar-refractivity contribution in [3.63, 3.8) is 0 Å². The van der Waals surface area contributed by atoms with Crippen molar-refractivity contribution in [2.24, 2.45) is 15.9 Å². The lowest BCUT2D eigenvalue weighted by atomic mass is 9.85. The summed E-state index contributed by atoms with van der Waals surface area (Å²) >= 11 is 1.85. The van der Waals surface area contributed by atoms with E-state index < -0.39 is 0 Å². The van der Waals surface area contributed by atoms with Crippen LogP contribution in [0.5, 0.6) is 0 Å². The van der Waals surface area contributed by atoms with Gasteiger partial charge >= 0.3 is 0 Å². The SMILES string of the molecule is CCC1CC(c2ccc3ccccc3c2)=NC(c2cc3sc4ccccc4c3cc2-n2c3cc4ccccc4cc3c3c4ccccc4ccc32)=NC1c1ccccc1. The van der Waals surface area contributed by atoms with Crippen LogP contribution in [0, 0.1) is 5.92 Å². The number of amidine groups is 1. The second kappa shape index (κ2) is 13.6. The van der Waals surface area contributed by atoms with Gasteiger partial charge in [0.1, 0.15) is 0 Å². The third-order valence-electron chi connectivity index (χ3n) is 12.7. The summed E-state index contributed by atoms with van der Waals surface area (Å²) in [6.45, 7) is 2.31. The number of thiophene rings is 1. The zero-order chi connectivity index (χ0) is 39.0. The van der Waals surface area contributed by atoms with Gasteiger partial charge in [0.05, 0.1) is 28.5 Å². The summed E-state index contributed by atoms with van der Waals surface area (Å²) in [6.07, 6.45) is 1.81. The molecule has 1 aliphatic rings. The Labute approximate surface area is 346 Å². The molecule has 0 fully saturated rings. The molecule has 2 aromatic heterocycles. The smallest absolute Gasteiger partial charge is 0.157 e. The molecule has 59 heavy (non-hydrogen) atoms. The van der Waals surface area contributed by atoms with E-state index in [0.29, 0.717) is 0 Å². The molecule has 280 valence electrons. The van der Waals surface area contributed by atoms with Crippen molar-refractivity contribution in [2.75, 3.05) is 0 Å². The number of aliphatic imine (C=N–C) groups is 2. The van der Waals surface area contributed by atoms with Crippen LogP contribution in [0.15, 0.2) is 192 Å². The molecule has 3 nitrogen and oxygen atoms in total. The normalized spacial score (nSPS) is 16.1. The van der Waals surface area contributed by atoms with Crippen molar-refractivity contribution < 1.29 is 0 Å². The molecule has 0 spiro atoms. The highest BCUT2D eigenvalue weighted by Gasteiger charge is 2.30. The van der Waals surface area contributed by atoms with E-state index in [-0.39, 0.29) is 12.0 Å². The Morgan fingerprint density at radius 3 is 2.03 bits per heavy atom. The predicted octanol–water partition coefficient (Wildman–Crippen LogP) is 15.0. The maximum atomic E-state index is 5.82. The molecule has 2 unspecified atom stereocenters. The van der Waals surface area contributed by atoms with Gasteiger partial charge < -0.3 is 4.57 Å². The molecule has 0 saturated heterocycles. The summed E-state index contributed by atoms with van der Waals surface area (Å²) in [5.41, 5.74) is 7.95. The Morgan fingerprint density at radius 1 is 0.542 bits per heavy atom. The minimum Gasteiger partial charge on any atom is -0.308 e. The molecule has 3 heterocycles. The average Bonchev–Trinajstić information content (AvgIpc) is 3.74. The Kier molecular flexibility index (Phi) is 7.89. The molecule has 0 N–H and O–H groups in total. The third-order valence-corrected chi connectivity index (χ3v) is 13.8. The molecular weight excluding hydrogens is 735 g/mol. The van der Waals surface area contributed by atoms with Gasteiger partial charge in [0.2, 0.25) is 0 Å². The van der Waals surface area contributed by atoms with E-state index in [9.17, 15) is 0 Å². The van der Waals surface area contributed by atoms with E-state index in [4.69, 9.17) is 9.98 Å². The fourth-order valence-corrected chi connectivity index (χ4v) is 10.8. The van der Waals surface area contributed by atoms with Crippen molar-refractivity contribution in [3.05, 3.63) is 199 Å². The molecule has 1 aliphatic heterocycles. The molecule has 0 radical (unpaired) electrons. The summed E-state index contributed by atoms with van der Waals surface area (Å²) in [4.78, 5) is 11.6. The van der Waals surface area contributed by atoms with Gasteiger partial charge in [0.15, 0.2) is 5.84 Å². The molecular formula is C55H39N3S. The average molecular weight is 774 g/mol. The van der Waals surface area contributed by atoms with Crippen molar-refractivity contribution >= 4 is 97.2 Å². The van der Waals surface area contributed by atoms with Crippen LogP contribution in [0.4, 0.5) is 0 Å². The summed E-state index contributed by atoms with van der Waals surface area (Å²) in [6, 6.07) is 66.8. The number of hydrogen-bond acceptors (Lipinski definition) is 3. The summed E-state index contributed by atoms with van der Waals surface area (Å²) < 4.78 is 5.03. The number of nitrogens with zero attached hydrogens (tertiary/aromatic N) is 3. The van der Waals surface area contributed by atoms with Crippen LogP contribution < -0.4 is 0 Å². The molecule has 12 rings (SSSR count). The number of rotatable bonds is 5. The topological polar surface area (TPSA) is 29.6 Å². The maximum Gasteiger partial charge on any atom is 0.157 e. The van der Waals surface area contributed by atoms with Gasteiger partial charge in [-0.25, -0.2) is 4.99 Å². The Hall–Kier alpha value is -6.88. The third kappa shape index (κ3) is 5.55. The van der Waals surface area contributed by atoms with Crippen LogP contribution in [0.2, 0.25) is 0 Å². The van der Waals surface area contributed by atoms with E-state index >= 15 is 0 Å². The van der Waals surface area contributed by atoms with Gasteiger partial charge in [-0.2, -0.15) is 0 Å². The summed E-state index contributed by atoms with van der Waals surface area (Å²) in [7, 11) is 0. The van der Waals surface area contributed by atoms with Crippen LogP contribution in [0.3, 0.4) is 0 Å². The van der Waals surface area contributed by atoms with Crippen LogP contribution >= 0.6 is 11.3 Å². The van der Waals surface area contributed by atoms with E-state index in [2.05, 4.69) is 193 Å². The van der Waals surface area contributed by atoms with Gasteiger partial charge in [0.25, 0.3) is 0 Å². The highest BCUT2D eigenvalue weighted by atomic mass is 32.1. The Balaban J connectivity index is 1.21. The highest BCUT2D eigenvalue weighted by molar-refractivity contribution is 7.25. The largest absolute Gasteiger partial charge is 0.308 e. The second-order valence-electron chi connectivity index (χ2n) is 16.0. The molecule has 11 aromatic rings. The highest BCUT2D eigenvalue weighted by Crippen LogP contribution is 2.44. The zero-order valence-electron chi connectivity index (χ0n) is 32.6. The van der Waals surface area contributed by atoms with Crippen molar-refractivity contribution in [2.45, 2.75) is 25.8 Å². The lowest BCUT2D eigenvalue weighted by molar-refractivity contribution is 0.437. The van der Waals surface area contributed by atoms with Gasteiger partial charge in [-0.15, -0.1) is 11.3 Å². The zero-order valence-corrected chi connectivity index (χ0v) is 33.5. The van der Waals surface area contributed by atoms with Crippen LogP contribution in [0.25, 0.3) is 80.0 Å². The van der Waals surface area contributed by atoms with Gasteiger partial charge in [0, 0.05) is 36.5 Å². The van der Waals surface area contributed by atoms with E-state index in [1.807, 2.05) is 11.3 Å². The van der Waals surface area contributed by atoms with Crippen molar-refractivity contribution in [3.8, 4) is 5.69 Å². The number of hydrogen-bond donors (Lipinski definition) is 0. The van der Waals surface area contributed by atoms with E-state index in [1.54, 1.807) is 0 Å². The number of aromatic nitrogens is 1. The summed E-state index contributed by atoms with van der Waals surface area (Å²) in [5.74, 6) is 1.05. The van der Waals surface area contributed by atoms with Crippen molar-refractivity contribution in [1.82, 2.24) is 4.57 Å². The first-order valence-corrected chi connectivity index (χ1v) is 21.5. The molecule has 2 atom stereocenters. The van der Waals surface area contributed by atoms with E-state index in [0.717, 1.165) is 41.2 Å². The molecule has 4 heteroatoms. The van der Waals surface area contributed by atoms with Crippen LogP contribution in [-0.4, -0.2) is 16.1 Å². The van der Waals surface area contributed by atoms with Crippen molar-refractivity contribution in [1.29, 1.82) is 0 Å². The first-order valence-electron chi connectivity index (χ1n) is 20.7. The Morgan fingerprint density at radius 2 is 1.22 bits per heavy atom.